The van der Waals surface area contributed by atoms with Crippen molar-refractivity contribution in [1.29, 1.82) is 0 Å². The van der Waals surface area contributed by atoms with Gasteiger partial charge in [0.15, 0.2) is 0 Å². The number of hydrogen-bond acceptors (Lipinski definition) is 2. The van der Waals surface area contributed by atoms with Gasteiger partial charge < -0.3 is 9.84 Å². The maximum Gasteiger partial charge on any atom is 0.335 e. The van der Waals surface area contributed by atoms with Gasteiger partial charge in [-0.05, 0) is 48.9 Å². The van der Waals surface area contributed by atoms with Crippen LogP contribution in [0.1, 0.15) is 75.1 Å². The van der Waals surface area contributed by atoms with Crippen LogP contribution in [0, 0.1) is 11.8 Å². The van der Waals surface area contributed by atoms with E-state index in [4.69, 9.17) is 9.84 Å². The van der Waals surface area contributed by atoms with Gasteiger partial charge in [-0.1, -0.05) is 51.9 Å². The van der Waals surface area contributed by atoms with Gasteiger partial charge in [0.1, 0.15) is 5.75 Å². The number of hydrogen-bond donors (Lipinski definition) is 1. The fourth-order valence-corrected chi connectivity index (χ4v) is 3.56. The van der Waals surface area contributed by atoms with Crippen molar-refractivity contribution in [2.75, 3.05) is 6.61 Å². The Labute approximate surface area is 140 Å². The molecule has 0 heterocycles. The molecule has 0 atom stereocenters. The standard InChI is InChI=1S/C20H30O3/c1-2-3-5-16-7-9-17(10-8-16)6-4-15-23-19-13-11-18(12-14-19)20(21)22/h11-14,16-17H,2-10,15H2,1H3,(H,21,22)/t16-,17-. The Morgan fingerprint density at radius 1 is 1.04 bits per heavy atom. The minimum atomic E-state index is -0.897. The minimum absolute atomic E-state index is 0.303. The Kier molecular flexibility index (Phi) is 7.44. The molecule has 0 unspecified atom stereocenters. The maximum absolute atomic E-state index is 10.8. The van der Waals surface area contributed by atoms with E-state index in [1.165, 1.54) is 51.4 Å². The summed E-state index contributed by atoms with van der Waals surface area (Å²) in [5.41, 5.74) is 0.303. The van der Waals surface area contributed by atoms with E-state index in [1.807, 2.05) is 0 Å². The van der Waals surface area contributed by atoms with Gasteiger partial charge in [0.2, 0.25) is 0 Å². The summed E-state index contributed by atoms with van der Waals surface area (Å²) in [7, 11) is 0. The number of carboxylic acid groups (broad SMARTS) is 1. The molecule has 0 aliphatic heterocycles. The first-order valence-electron chi connectivity index (χ1n) is 9.15. The third-order valence-electron chi connectivity index (χ3n) is 5.06. The summed E-state index contributed by atoms with van der Waals surface area (Å²) in [6.07, 6.45) is 12.1. The van der Waals surface area contributed by atoms with E-state index >= 15 is 0 Å². The lowest BCUT2D eigenvalue weighted by molar-refractivity contribution is 0.0697. The van der Waals surface area contributed by atoms with Crippen molar-refractivity contribution in [3.05, 3.63) is 29.8 Å². The van der Waals surface area contributed by atoms with Crippen LogP contribution in [0.4, 0.5) is 0 Å². The third-order valence-corrected chi connectivity index (χ3v) is 5.06. The normalized spacial score (nSPS) is 21.1. The Balaban J connectivity index is 1.58. The number of aromatic carboxylic acids is 1. The first-order valence-corrected chi connectivity index (χ1v) is 9.15. The molecule has 1 N–H and O–H groups in total. The fraction of sp³-hybridized carbons (Fsp3) is 0.650. The van der Waals surface area contributed by atoms with Crippen molar-refractivity contribution in [3.8, 4) is 5.75 Å². The zero-order valence-electron chi connectivity index (χ0n) is 14.3. The minimum Gasteiger partial charge on any atom is -0.494 e. The number of rotatable bonds is 9. The molecule has 1 aromatic rings. The summed E-state index contributed by atoms with van der Waals surface area (Å²) in [6, 6.07) is 6.66. The predicted octanol–water partition coefficient (Wildman–Crippen LogP) is 5.54. The zero-order chi connectivity index (χ0) is 16.5. The second-order valence-electron chi connectivity index (χ2n) is 6.85. The molecule has 1 saturated carbocycles. The first-order chi connectivity index (χ1) is 11.2. The van der Waals surface area contributed by atoms with Crippen LogP contribution in [0.25, 0.3) is 0 Å². The molecule has 1 aliphatic carbocycles. The fourth-order valence-electron chi connectivity index (χ4n) is 3.56. The molecule has 0 amide bonds. The van der Waals surface area contributed by atoms with E-state index in [2.05, 4.69) is 6.92 Å². The van der Waals surface area contributed by atoms with E-state index in [1.54, 1.807) is 24.3 Å². The summed E-state index contributed by atoms with van der Waals surface area (Å²) in [6.45, 7) is 3.00. The molecule has 1 aromatic carbocycles. The lowest BCUT2D eigenvalue weighted by atomic mass is 9.78. The van der Waals surface area contributed by atoms with E-state index < -0.39 is 5.97 Å². The van der Waals surface area contributed by atoms with Gasteiger partial charge in [-0.15, -0.1) is 0 Å². The van der Waals surface area contributed by atoms with Crippen LogP contribution in [0.2, 0.25) is 0 Å². The zero-order valence-corrected chi connectivity index (χ0v) is 14.3. The molecule has 0 radical (unpaired) electrons. The van der Waals surface area contributed by atoms with Crippen LogP contribution >= 0.6 is 0 Å². The summed E-state index contributed by atoms with van der Waals surface area (Å²) >= 11 is 0. The van der Waals surface area contributed by atoms with E-state index in [-0.39, 0.29) is 0 Å². The van der Waals surface area contributed by atoms with E-state index in [0.29, 0.717) is 5.56 Å². The second-order valence-corrected chi connectivity index (χ2v) is 6.85. The SMILES string of the molecule is CCCC[C@H]1CC[C@H](CCCOc2ccc(C(=O)O)cc2)CC1. The highest BCUT2D eigenvalue weighted by atomic mass is 16.5. The number of unbranched alkanes of at least 4 members (excludes halogenated alkanes) is 1. The molecule has 2 rings (SSSR count). The highest BCUT2D eigenvalue weighted by Gasteiger charge is 2.20. The highest BCUT2D eigenvalue weighted by molar-refractivity contribution is 5.87. The smallest absolute Gasteiger partial charge is 0.335 e. The van der Waals surface area contributed by atoms with Crippen LogP contribution < -0.4 is 4.74 Å². The van der Waals surface area contributed by atoms with Crippen LogP contribution in [0.3, 0.4) is 0 Å². The largest absolute Gasteiger partial charge is 0.494 e. The van der Waals surface area contributed by atoms with Crippen molar-refractivity contribution in [1.82, 2.24) is 0 Å². The van der Waals surface area contributed by atoms with Crippen molar-refractivity contribution in [3.63, 3.8) is 0 Å². The number of carbonyl (C=O) groups is 1. The summed E-state index contributed by atoms with van der Waals surface area (Å²) in [4.78, 5) is 10.8. The molecule has 0 spiro atoms. The second kappa shape index (κ2) is 9.59. The number of benzene rings is 1. The van der Waals surface area contributed by atoms with Gasteiger partial charge in [-0.25, -0.2) is 4.79 Å². The van der Waals surface area contributed by atoms with Crippen molar-refractivity contribution < 1.29 is 14.6 Å². The van der Waals surface area contributed by atoms with Gasteiger partial charge in [0.05, 0.1) is 12.2 Å². The Bertz CT molecular complexity index is 458. The van der Waals surface area contributed by atoms with E-state index in [9.17, 15) is 4.79 Å². The van der Waals surface area contributed by atoms with Gasteiger partial charge >= 0.3 is 5.97 Å². The van der Waals surface area contributed by atoms with Gasteiger partial charge in [0.25, 0.3) is 0 Å². The van der Waals surface area contributed by atoms with E-state index in [0.717, 1.165) is 30.6 Å². The first kappa shape index (κ1) is 17.8. The number of carboxylic acids is 1. The molecular formula is C20H30O3. The summed E-state index contributed by atoms with van der Waals surface area (Å²) in [5, 5.41) is 8.86. The Hall–Kier alpha value is -1.51. The van der Waals surface area contributed by atoms with Crippen LogP contribution in [0.5, 0.6) is 5.75 Å². The lowest BCUT2D eigenvalue weighted by Gasteiger charge is -2.28. The topological polar surface area (TPSA) is 46.5 Å². The molecule has 128 valence electrons. The quantitative estimate of drug-likeness (QED) is 0.608. The monoisotopic (exact) mass is 318 g/mol. The van der Waals surface area contributed by atoms with Crippen LogP contribution in [0.15, 0.2) is 24.3 Å². The van der Waals surface area contributed by atoms with Gasteiger partial charge in [0, 0.05) is 0 Å². The average Bonchev–Trinajstić information content (AvgIpc) is 2.58. The molecule has 0 bridgehead atoms. The van der Waals surface area contributed by atoms with Crippen LogP contribution in [-0.4, -0.2) is 17.7 Å². The van der Waals surface area contributed by atoms with Crippen molar-refractivity contribution in [2.45, 2.75) is 64.7 Å². The third kappa shape index (κ3) is 6.25. The summed E-state index contributed by atoms with van der Waals surface area (Å²) in [5.74, 6) is 1.73. The Morgan fingerprint density at radius 2 is 1.61 bits per heavy atom. The highest BCUT2D eigenvalue weighted by Crippen LogP contribution is 2.34. The molecule has 3 heteroatoms. The molecule has 23 heavy (non-hydrogen) atoms. The van der Waals surface area contributed by atoms with Gasteiger partial charge in [-0.2, -0.15) is 0 Å². The van der Waals surface area contributed by atoms with Crippen molar-refractivity contribution in [2.24, 2.45) is 11.8 Å². The molecule has 1 aliphatic rings. The number of ether oxygens (including phenoxy) is 1. The average molecular weight is 318 g/mol. The molecule has 1 fully saturated rings. The summed E-state index contributed by atoms with van der Waals surface area (Å²) < 4.78 is 5.71. The van der Waals surface area contributed by atoms with Gasteiger partial charge in [-0.3, -0.25) is 0 Å². The molecule has 3 nitrogen and oxygen atoms in total. The maximum atomic E-state index is 10.8. The Morgan fingerprint density at radius 3 is 2.13 bits per heavy atom. The van der Waals surface area contributed by atoms with Crippen LogP contribution in [-0.2, 0) is 0 Å². The molecule has 0 saturated heterocycles. The predicted molar refractivity (Wildman–Crippen MR) is 93.1 cm³/mol. The van der Waals surface area contributed by atoms with Crippen molar-refractivity contribution >= 4 is 5.97 Å². The molecular weight excluding hydrogens is 288 g/mol. The lowest BCUT2D eigenvalue weighted by Crippen LogP contribution is -2.15. The molecule has 0 aromatic heterocycles.